The molecule has 42 heavy (non-hydrogen) atoms. The topological polar surface area (TPSA) is 70.8 Å². The van der Waals surface area contributed by atoms with E-state index in [2.05, 4.69) is 70.8 Å². The van der Waals surface area contributed by atoms with Crippen molar-refractivity contribution in [1.29, 1.82) is 0 Å². The quantitative estimate of drug-likeness (QED) is 0.240. The molecule has 0 atom stereocenters. The van der Waals surface area contributed by atoms with Gasteiger partial charge in [-0.05, 0) is 47.0 Å². The molecule has 4 heterocycles. The predicted molar refractivity (Wildman–Crippen MR) is 183 cm³/mol. The summed E-state index contributed by atoms with van der Waals surface area (Å²) >= 11 is 1.60. The SMILES string of the molecule is BC(B)(B)OC1CC(N(C(=O)c2nn(-c3ccsc3)c3c2COc2cc(OC)c(-c4ccn(C)c4)cc2-3)C(B)(B)B)C1. The lowest BCUT2D eigenvalue weighted by Gasteiger charge is -2.50. The van der Waals surface area contributed by atoms with Crippen molar-refractivity contribution >= 4 is 64.3 Å². The fourth-order valence-corrected chi connectivity index (χ4v) is 6.76. The van der Waals surface area contributed by atoms with E-state index in [9.17, 15) is 4.79 Å². The number of ether oxygens (including phenoxy) is 3. The van der Waals surface area contributed by atoms with Gasteiger partial charge in [0.15, 0.2) is 5.69 Å². The van der Waals surface area contributed by atoms with Crippen LogP contribution in [0.25, 0.3) is 28.1 Å². The Kier molecular flexibility index (Phi) is 7.25. The van der Waals surface area contributed by atoms with Gasteiger partial charge in [-0.1, -0.05) is 0 Å². The van der Waals surface area contributed by atoms with Crippen molar-refractivity contribution in [3.63, 3.8) is 0 Å². The normalized spacial score (nSPS) is 18.0. The lowest BCUT2D eigenvalue weighted by atomic mass is 9.47. The minimum atomic E-state index is -0.394. The number of thiophene rings is 1. The molecule has 15 heteroatoms. The molecule has 0 spiro atoms. The molecule has 0 N–H and O–H groups in total. The summed E-state index contributed by atoms with van der Waals surface area (Å²) in [5.74, 6) is 1.37. The minimum absolute atomic E-state index is 0.0733. The van der Waals surface area contributed by atoms with Crippen LogP contribution in [-0.4, -0.2) is 102 Å². The van der Waals surface area contributed by atoms with E-state index in [1.807, 2.05) is 44.9 Å². The van der Waals surface area contributed by atoms with E-state index < -0.39 is 5.24 Å². The molecule has 0 bridgehead atoms. The Labute approximate surface area is 256 Å². The van der Waals surface area contributed by atoms with Crippen LogP contribution in [0.1, 0.15) is 28.9 Å². The summed E-state index contributed by atoms with van der Waals surface area (Å²) in [6.07, 6.45) is 5.85. The number of hydrogen-bond donors (Lipinski definition) is 0. The zero-order valence-corrected chi connectivity index (χ0v) is 26.5. The van der Waals surface area contributed by atoms with Gasteiger partial charge in [-0.2, -0.15) is 16.4 Å². The summed E-state index contributed by atoms with van der Waals surface area (Å²) in [7, 11) is 16.2. The van der Waals surface area contributed by atoms with E-state index in [1.165, 1.54) is 0 Å². The number of fused-ring (bicyclic) bond motifs is 3. The summed E-state index contributed by atoms with van der Waals surface area (Å²) in [4.78, 5) is 16.5. The van der Waals surface area contributed by atoms with Crippen LogP contribution in [0, 0.1) is 0 Å². The molecule has 8 nitrogen and oxygen atoms in total. The van der Waals surface area contributed by atoms with Gasteiger partial charge in [0.2, 0.25) is 0 Å². The number of aryl methyl sites for hydroxylation is 1. The summed E-state index contributed by atoms with van der Waals surface area (Å²) in [6.45, 7) is 0.250. The maximum absolute atomic E-state index is 14.5. The molecule has 1 amide bonds. The number of carbonyl (C=O) groups is 1. The number of benzene rings is 1. The first-order valence-corrected chi connectivity index (χ1v) is 15.4. The average molecular weight is 576 g/mol. The molecule has 1 saturated carbocycles. The van der Waals surface area contributed by atoms with Gasteiger partial charge in [-0.3, -0.25) is 4.79 Å². The maximum Gasteiger partial charge on any atom is 0.273 e. The van der Waals surface area contributed by atoms with Crippen molar-refractivity contribution in [2.24, 2.45) is 7.05 Å². The smallest absolute Gasteiger partial charge is 0.273 e. The molecule has 210 valence electrons. The molecule has 6 rings (SSSR count). The fraction of sp³-hybridized carbons (Fsp3) is 0.333. The van der Waals surface area contributed by atoms with Crippen LogP contribution in [-0.2, 0) is 18.4 Å². The molecule has 1 aliphatic carbocycles. The summed E-state index contributed by atoms with van der Waals surface area (Å²) in [5.41, 5.74) is 5.93. The molecule has 0 saturated heterocycles. The van der Waals surface area contributed by atoms with Crippen LogP contribution in [0.15, 0.2) is 47.4 Å². The lowest BCUT2D eigenvalue weighted by Crippen LogP contribution is -2.63. The fourth-order valence-electron chi connectivity index (χ4n) is 6.15. The average Bonchev–Trinajstić information content (AvgIpc) is 3.64. The third-order valence-electron chi connectivity index (χ3n) is 7.91. The zero-order valence-electron chi connectivity index (χ0n) is 25.7. The number of carbonyl (C=O) groups excluding carboxylic acids is 1. The van der Waals surface area contributed by atoms with Crippen LogP contribution >= 0.6 is 11.3 Å². The van der Waals surface area contributed by atoms with Gasteiger partial charge in [0.1, 0.15) is 65.2 Å². The van der Waals surface area contributed by atoms with Crippen LogP contribution < -0.4 is 9.47 Å². The van der Waals surface area contributed by atoms with Gasteiger partial charge in [0.25, 0.3) is 5.91 Å². The van der Waals surface area contributed by atoms with Gasteiger partial charge >= 0.3 is 0 Å². The van der Waals surface area contributed by atoms with Crippen LogP contribution in [0.3, 0.4) is 0 Å². The van der Waals surface area contributed by atoms with E-state index in [-0.39, 0.29) is 30.0 Å². The zero-order chi connectivity index (χ0) is 30.0. The third-order valence-corrected chi connectivity index (χ3v) is 8.58. The van der Waals surface area contributed by atoms with Crippen LogP contribution in [0.2, 0.25) is 0 Å². The minimum Gasteiger partial charge on any atom is -0.496 e. The molecular weight excluding hydrogens is 541 g/mol. The highest BCUT2D eigenvalue weighted by Crippen LogP contribution is 2.46. The molecule has 2 aliphatic rings. The standard InChI is InChI=1S/C27H34B6N4O4S/c1-35-5-3-14(11-35)18-9-19-22(10-21(18)39-2)40-12-20-23(34-37(24(19)20)15-4-6-42-13-15)25(38)36(26(28,29)30)16-7-17(8-16)41-27(31,32)33/h3-6,9-11,13,16-17H,7-8,12,28-33H2,1-2H3. The molecular formula is C27H34B6N4O4S. The summed E-state index contributed by atoms with van der Waals surface area (Å²) < 4.78 is 22.2. The second kappa shape index (κ2) is 10.5. The summed E-state index contributed by atoms with van der Waals surface area (Å²) in [5, 5.41) is 8.50. The Hall–Kier alpha value is -3.17. The first kappa shape index (κ1) is 28.9. The molecule has 1 fully saturated rings. The Balaban J connectivity index is 1.45. The van der Waals surface area contributed by atoms with Crippen molar-refractivity contribution in [2.45, 2.75) is 42.1 Å². The molecule has 1 aliphatic heterocycles. The molecule has 0 radical (unpaired) electrons. The largest absolute Gasteiger partial charge is 0.496 e. The third kappa shape index (κ3) is 5.26. The van der Waals surface area contributed by atoms with E-state index in [0.29, 0.717) is 11.4 Å². The number of nitrogens with zero attached hydrogens (tertiary/aromatic N) is 4. The molecule has 0 unspecified atom stereocenters. The van der Waals surface area contributed by atoms with E-state index in [4.69, 9.17) is 19.3 Å². The lowest BCUT2D eigenvalue weighted by molar-refractivity contribution is -0.0500. The van der Waals surface area contributed by atoms with Crippen LogP contribution in [0.4, 0.5) is 0 Å². The number of hydrogen-bond acceptors (Lipinski definition) is 6. The number of aromatic nitrogens is 3. The molecule has 4 aromatic rings. The van der Waals surface area contributed by atoms with Crippen molar-refractivity contribution in [3.05, 3.63) is 58.7 Å². The monoisotopic (exact) mass is 576 g/mol. The summed E-state index contributed by atoms with van der Waals surface area (Å²) in [6, 6.07) is 8.22. The Morgan fingerprint density at radius 2 is 1.90 bits per heavy atom. The Morgan fingerprint density at radius 1 is 1.14 bits per heavy atom. The van der Waals surface area contributed by atoms with E-state index >= 15 is 0 Å². The predicted octanol–water partition coefficient (Wildman–Crippen LogP) is -1.48. The van der Waals surface area contributed by atoms with Gasteiger partial charge in [-0.15, -0.1) is 0 Å². The number of amides is 1. The number of rotatable bonds is 8. The molecule has 3 aromatic heterocycles. The van der Waals surface area contributed by atoms with Crippen molar-refractivity contribution < 1.29 is 19.0 Å². The van der Waals surface area contributed by atoms with Crippen molar-refractivity contribution in [3.8, 4) is 39.6 Å². The first-order valence-electron chi connectivity index (χ1n) is 14.5. The maximum atomic E-state index is 14.5. The van der Waals surface area contributed by atoms with Gasteiger partial charge in [0.05, 0.1) is 24.6 Å². The highest BCUT2D eigenvalue weighted by atomic mass is 32.1. The number of methoxy groups -OCH3 is 1. The second-order valence-corrected chi connectivity index (χ2v) is 14.1. The highest BCUT2D eigenvalue weighted by Gasteiger charge is 2.44. The molecule has 1 aromatic carbocycles. The first-order chi connectivity index (χ1) is 19.8. The van der Waals surface area contributed by atoms with Crippen LogP contribution in [0.5, 0.6) is 11.5 Å². The Bertz CT molecular complexity index is 1640. The van der Waals surface area contributed by atoms with Gasteiger partial charge in [0, 0.05) is 59.2 Å². The van der Waals surface area contributed by atoms with E-state index in [1.54, 1.807) is 18.4 Å². The Morgan fingerprint density at radius 3 is 2.50 bits per heavy atom. The highest BCUT2D eigenvalue weighted by molar-refractivity contribution is 7.08. The van der Waals surface area contributed by atoms with E-state index in [0.717, 1.165) is 52.2 Å². The van der Waals surface area contributed by atoms with Gasteiger partial charge < -0.3 is 23.7 Å². The second-order valence-electron chi connectivity index (χ2n) is 13.3. The van der Waals surface area contributed by atoms with Gasteiger partial charge in [-0.25, -0.2) is 4.68 Å². The van der Waals surface area contributed by atoms with Crippen molar-refractivity contribution in [2.75, 3.05) is 7.11 Å². The van der Waals surface area contributed by atoms with Crippen molar-refractivity contribution in [1.82, 2.24) is 19.2 Å².